The number of fused-ring (bicyclic) bond motifs is 1. The van der Waals surface area contributed by atoms with E-state index in [1.807, 2.05) is 11.0 Å². The van der Waals surface area contributed by atoms with Crippen LogP contribution in [0.25, 0.3) is 0 Å². The molecule has 7 heteroatoms. The van der Waals surface area contributed by atoms with Crippen LogP contribution < -0.4 is 5.32 Å². The molecule has 2 aliphatic rings. The van der Waals surface area contributed by atoms with E-state index in [-0.39, 0.29) is 16.7 Å². The van der Waals surface area contributed by atoms with Crippen molar-refractivity contribution in [3.8, 4) is 0 Å². The second kappa shape index (κ2) is 6.93. The van der Waals surface area contributed by atoms with E-state index in [1.54, 1.807) is 18.2 Å². The van der Waals surface area contributed by atoms with Crippen molar-refractivity contribution in [1.82, 2.24) is 10.2 Å². The lowest BCUT2D eigenvalue weighted by Gasteiger charge is -2.33. The summed E-state index contributed by atoms with van der Waals surface area (Å²) in [7, 11) is -3.61. The van der Waals surface area contributed by atoms with Crippen LogP contribution in [-0.4, -0.2) is 44.7 Å². The number of unbranched alkanes of at least 4 members (excludes halogenated alkanes) is 1. The van der Waals surface area contributed by atoms with E-state index in [4.69, 9.17) is 0 Å². The van der Waals surface area contributed by atoms with Gasteiger partial charge in [0.2, 0.25) is 5.91 Å². The lowest BCUT2D eigenvalue weighted by Crippen LogP contribution is -2.45. The van der Waals surface area contributed by atoms with Crippen LogP contribution in [0.1, 0.15) is 38.2 Å². The van der Waals surface area contributed by atoms with Gasteiger partial charge in [-0.05, 0) is 31.4 Å². The Morgan fingerprint density at radius 3 is 2.96 bits per heavy atom. The van der Waals surface area contributed by atoms with Crippen LogP contribution >= 0.6 is 0 Å². The lowest BCUT2D eigenvalue weighted by atomic mass is 9.96. The first kappa shape index (κ1) is 17.0. The van der Waals surface area contributed by atoms with E-state index < -0.39 is 10.0 Å². The Balaban J connectivity index is 1.75. The minimum atomic E-state index is -3.61. The second-order valence-corrected chi connectivity index (χ2v) is 7.89. The highest BCUT2D eigenvalue weighted by Gasteiger charge is 2.35. The van der Waals surface area contributed by atoms with Gasteiger partial charge in [-0.25, -0.2) is 0 Å². The van der Waals surface area contributed by atoms with Gasteiger partial charge < -0.3 is 10.2 Å². The molecular weight excluding hydrogens is 326 g/mol. The monoisotopic (exact) mass is 349 g/mol. The molecule has 0 bridgehead atoms. The number of hydrogen-bond acceptors (Lipinski definition) is 4. The van der Waals surface area contributed by atoms with Gasteiger partial charge in [-0.2, -0.15) is 8.42 Å². The molecule has 2 aliphatic heterocycles. The van der Waals surface area contributed by atoms with Gasteiger partial charge in [0.05, 0.1) is 5.92 Å². The van der Waals surface area contributed by atoms with Crippen molar-refractivity contribution < 1.29 is 13.2 Å². The van der Waals surface area contributed by atoms with Crippen LogP contribution in [0.15, 0.2) is 33.6 Å². The summed E-state index contributed by atoms with van der Waals surface area (Å²) in [4.78, 5) is 14.5. The molecule has 1 aromatic carbocycles. The number of nitrogens with one attached hydrogen (secondary N) is 1. The number of likely N-dealkylation sites (tertiary alicyclic amines) is 1. The molecule has 1 saturated heterocycles. The van der Waals surface area contributed by atoms with Crippen LogP contribution in [-0.2, 0) is 14.8 Å². The van der Waals surface area contributed by atoms with Crippen LogP contribution in [0.3, 0.4) is 0 Å². The van der Waals surface area contributed by atoms with Gasteiger partial charge in [0.1, 0.15) is 4.90 Å². The summed E-state index contributed by atoms with van der Waals surface area (Å²) in [5, 5.41) is 2.98. The van der Waals surface area contributed by atoms with Crippen molar-refractivity contribution in [2.45, 2.75) is 37.5 Å². The van der Waals surface area contributed by atoms with Crippen molar-refractivity contribution >= 4 is 21.8 Å². The number of amides is 1. The minimum Gasteiger partial charge on any atom is -0.356 e. The number of sulfonamides is 1. The molecule has 6 nitrogen and oxygen atoms in total. The number of nitrogens with zero attached hydrogens (tertiary/aromatic N) is 2. The zero-order chi connectivity index (χ0) is 17.2. The Bertz CT molecular complexity index is 758. The number of benzene rings is 1. The van der Waals surface area contributed by atoms with Crippen molar-refractivity contribution in [1.29, 1.82) is 0 Å². The summed E-state index contributed by atoms with van der Waals surface area (Å²) >= 11 is 0. The molecule has 1 amide bonds. The maximum absolute atomic E-state index is 12.3. The number of piperidine rings is 1. The predicted octanol–water partition coefficient (Wildman–Crippen LogP) is 1.76. The zero-order valence-electron chi connectivity index (χ0n) is 13.9. The third-order valence-electron chi connectivity index (χ3n) is 4.53. The van der Waals surface area contributed by atoms with Crippen LogP contribution in [0.2, 0.25) is 0 Å². The Kier molecular flexibility index (Phi) is 4.89. The molecule has 1 atom stereocenters. The lowest BCUT2D eigenvalue weighted by molar-refractivity contribution is -0.126. The molecule has 0 aliphatic carbocycles. The molecule has 2 heterocycles. The van der Waals surface area contributed by atoms with E-state index in [9.17, 15) is 13.2 Å². The normalized spacial score (nSPS) is 22.0. The average molecular weight is 349 g/mol. The van der Waals surface area contributed by atoms with Gasteiger partial charge in [0.15, 0.2) is 5.84 Å². The van der Waals surface area contributed by atoms with E-state index in [0.717, 1.165) is 32.2 Å². The third-order valence-corrected chi connectivity index (χ3v) is 5.86. The van der Waals surface area contributed by atoms with Crippen LogP contribution in [0.5, 0.6) is 0 Å². The van der Waals surface area contributed by atoms with E-state index >= 15 is 0 Å². The SMILES string of the molecule is CCCCNC(=O)[C@H]1CCCN(C2=NS(=O)(=O)c3ccccc32)C1. The summed E-state index contributed by atoms with van der Waals surface area (Å²) in [5.74, 6) is 0.424. The average Bonchev–Trinajstić information content (AvgIpc) is 2.87. The maximum atomic E-state index is 12.3. The maximum Gasteiger partial charge on any atom is 0.285 e. The highest BCUT2D eigenvalue weighted by Crippen LogP contribution is 2.29. The first-order valence-corrected chi connectivity index (χ1v) is 9.94. The number of carbonyl (C=O) groups is 1. The van der Waals surface area contributed by atoms with Gasteiger partial charge in [-0.15, -0.1) is 4.40 Å². The van der Waals surface area contributed by atoms with Crippen molar-refractivity contribution in [2.75, 3.05) is 19.6 Å². The molecule has 0 saturated carbocycles. The number of carbonyl (C=O) groups excluding carboxylic acids is 1. The predicted molar refractivity (Wildman–Crippen MR) is 92.4 cm³/mol. The Labute approximate surface area is 143 Å². The molecule has 1 N–H and O–H groups in total. The number of amidine groups is 1. The second-order valence-electron chi connectivity index (χ2n) is 6.32. The Morgan fingerprint density at radius 1 is 1.38 bits per heavy atom. The Morgan fingerprint density at radius 2 is 2.17 bits per heavy atom. The highest BCUT2D eigenvalue weighted by atomic mass is 32.2. The first-order chi connectivity index (χ1) is 11.5. The molecular formula is C17H23N3O3S. The van der Waals surface area contributed by atoms with E-state index in [2.05, 4.69) is 16.6 Å². The fraction of sp³-hybridized carbons (Fsp3) is 0.529. The third kappa shape index (κ3) is 3.31. The molecule has 0 radical (unpaired) electrons. The van der Waals surface area contributed by atoms with E-state index in [0.29, 0.717) is 24.5 Å². The first-order valence-electron chi connectivity index (χ1n) is 8.50. The fourth-order valence-electron chi connectivity index (χ4n) is 3.23. The van der Waals surface area contributed by atoms with Gasteiger partial charge >= 0.3 is 0 Å². The molecule has 3 rings (SSSR count). The largest absolute Gasteiger partial charge is 0.356 e. The topological polar surface area (TPSA) is 78.8 Å². The standard InChI is InChI=1S/C17H23N3O3S/c1-2-3-10-18-17(21)13-7-6-11-20(12-13)16-14-8-4-5-9-15(14)24(22,23)19-16/h4-5,8-9,13H,2-3,6-7,10-12H2,1H3,(H,18,21)/t13-/m0/s1. The van der Waals surface area contributed by atoms with Gasteiger partial charge in [0.25, 0.3) is 10.0 Å². The molecule has 1 fully saturated rings. The van der Waals surface area contributed by atoms with E-state index in [1.165, 1.54) is 0 Å². The van der Waals surface area contributed by atoms with Crippen molar-refractivity contribution in [3.63, 3.8) is 0 Å². The highest BCUT2D eigenvalue weighted by molar-refractivity contribution is 7.90. The number of hydrogen-bond donors (Lipinski definition) is 1. The number of rotatable bonds is 4. The molecule has 0 unspecified atom stereocenters. The van der Waals surface area contributed by atoms with Crippen molar-refractivity contribution in [2.24, 2.45) is 10.3 Å². The van der Waals surface area contributed by atoms with Crippen LogP contribution in [0.4, 0.5) is 0 Å². The van der Waals surface area contributed by atoms with Gasteiger partial charge in [-0.3, -0.25) is 4.79 Å². The molecule has 1 aromatic rings. The van der Waals surface area contributed by atoms with Crippen molar-refractivity contribution in [3.05, 3.63) is 29.8 Å². The molecule has 0 aromatic heterocycles. The summed E-state index contributed by atoms with van der Waals surface area (Å²) < 4.78 is 28.4. The molecule has 0 spiro atoms. The molecule has 130 valence electrons. The zero-order valence-corrected chi connectivity index (χ0v) is 14.7. The van der Waals surface area contributed by atoms with Gasteiger partial charge in [-0.1, -0.05) is 25.5 Å². The van der Waals surface area contributed by atoms with Gasteiger partial charge in [0, 0.05) is 25.2 Å². The minimum absolute atomic E-state index is 0.0582. The summed E-state index contributed by atoms with van der Waals surface area (Å²) in [6.07, 6.45) is 3.70. The summed E-state index contributed by atoms with van der Waals surface area (Å²) in [6.45, 7) is 4.02. The summed E-state index contributed by atoms with van der Waals surface area (Å²) in [5.41, 5.74) is 0.643. The van der Waals surface area contributed by atoms with Crippen LogP contribution in [0, 0.1) is 5.92 Å². The smallest absolute Gasteiger partial charge is 0.285 e. The fourth-order valence-corrected chi connectivity index (χ4v) is 4.46. The quantitative estimate of drug-likeness (QED) is 0.840. The Hall–Kier alpha value is -1.89. The summed E-state index contributed by atoms with van der Waals surface area (Å²) in [6, 6.07) is 6.88. The molecule has 24 heavy (non-hydrogen) atoms.